The predicted octanol–water partition coefficient (Wildman–Crippen LogP) is 4.76. The second-order valence-electron chi connectivity index (χ2n) is 3.40. The molecule has 7 heteroatoms. The molecule has 0 radical (unpaired) electrons. The van der Waals surface area contributed by atoms with Crippen molar-refractivity contribution in [3.8, 4) is 0 Å². The second kappa shape index (κ2) is 6.69. The molecule has 0 aliphatic carbocycles. The van der Waals surface area contributed by atoms with Crippen molar-refractivity contribution >= 4 is 35.6 Å². The summed E-state index contributed by atoms with van der Waals surface area (Å²) < 4.78 is 36.0. The molecule has 0 saturated heterocycles. The van der Waals surface area contributed by atoms with Crippen molar-refractivity contribution in [1.82, 2.24) is 0 Å². The van der Waals surface area contributed by atoms with Crippen molar-refractivity contribution in [2.24, 2.45) is 5.73 Å². The van der Waals surface area contributed by atoms with E-state index in [4.69, 9.17) is 28.9 Å². The fraction of sp³-hybridized carbons (Fsp3) is 0.400. The van der Waals surface area contributed by atoms with Crippen LogP contribution in [0, 0.1) is 0 Å². The average Bonchev–Trinajstić information content (AvgIpc) is 2.17. The number of alkyl halides is 3. The Balaban J connectivity index is 0.00000256. The smallest absolute Gasteiger partial charge is 0.324 e. The first-order valence-corrected chi connectivity index (χ1v) is 5.33. The van der Waals surface area contributed by atoms with Crippen LogP contribution in [-0.2, 0) is 0 Å². The molecule has 1 aromatic carbocycles. The average molecular weight is 309 g/mol. The van der Waals surface area contributed by atoms with E-state index < -0.39 is 18.6 Å². The molecule has 0 aliphatic heterocycles. The third kappa shape index (κ3) is 5.34. The van der Waals surface area contributed by atoms with Gasteiger partial charge >= 0.3 is 6.18 Å². The van der Waals surface area contributed by atoms with E-state index >= 15 is 0 Å². The molecule has 0 aliphatic rings. The minimum Gasteiger partial charge on any atom is -0.324 e. The molecule has 1 rings (SSSR count). The Morgan fingerprint density at radius 2 is 1.82 bits per heavy atom. The van der Waals surface area contributed by atoms with Gasteiger partial charge in [-0.2, -0.15) is 13.2 Å². The Morgan fingerprint density at radius 3 is 2.35 bits per heavy atom. The van der Waals surface area contributed by atoms with Crippen molar-refractivity contribution in [2.75, 3.05) is 0 Å². The first kappa shape index (κ1) is 16.8. The molecule has 17 heavy (non-hydrogen) atoms. The summed E-state index contributed by atoms with van der Waals surface area (Å²) in [7, 11) is 0. The molecule has 0 aromatic heterocycles. The number of hydrogen-bond donors (Lipinski definition) is 1. The molecular formula is C10H11Cl3F3N. The van der Waals surface area contributed by atoms with Crippen LogP contribution < -0.4 is 5.73 Å². The topological polar surface area (TPSA) is 26.0 Å². The Morgan fingerprint density at radius 1 is 1.24 bits per heavy atom. The summed E-state index contributed by atoms with van der Waals surface area (Å²) in [6.07, 6.45) is -5.34. The van der Waals surface area contributed by atoms with E-state index in [9.17, 15) is 13.2 Å². The summed E-state index contributed by atoms with van der Waals surface area (Å²) in [5, 5.41) is 0.514. The minimum atomic E-state index is -4.21. The van der Waals surface area contributed by atoms with Gasteiger partial charge in [-0.1, -0.05) is 35.3 Å². The predicted molar refractivity (Wildman–Crippen MR) is 65.9 cm³/mol. The molecule has 0 amide bonds. The highest BCUT2D eigenvalue weighted by molar-refractivity contribution is 6.42. The molecule has 1 nitrogen and oxygen atoms in total. The van der Waals surface area contributed by atoms with E-state index in [-0.39, 0.29) is 23.9 Å². The molecule has 0 spiro atoms. The first-order valence-electron chi connectivity index (χ1n) is 4.57. The maximum atomic E-state index is 12.0. The minimum absolute atomic E-state index is 0. The number of benzene rings is 1. The molecule has 1 atom stereocenters. The van der Waals surface area contributed by atoms with E-state index in [2.05, 4.69) is 0 Å². The lowest BCUT2D eigenvalue weighted by molar-refractivity contribution is -0.136. The largest absolute Gasteiger partial charge is 0.389 e. The zero-order valence-electron chi connectivity index (χ0n) is 8.60. The van der Waals surface area contributed by atoms with Gasteiger partial charge in [-0.05, 0) is 18.1 Å². The Hall–Kier alpha value is -0.160. The van der Waals surface area contributed by atoms with Crippen LogP contribution in [0.4, 0.5) is 13.2 Å². The van der Waals surface area contributed by atoms with Crippen LogP contribution in [0.2, 0.25) is 10.0 Å². The van der Waals surface area contributed by atoms with E-state index in [0.29, 0.717) is 10.6 Å². The zero-order chi connectivity index (χ0) is 12.3. The summed E-state index contributed by atoms with van der Waals surface area (Å²) in [6, 6.07) is 3.99. The third-order valence-corrected chi connectivity index (χ3v) is 2.95. The van der Waals surface area contributed by atoms with E-state index in [1.165, 1.54) is 0 Å². The summed E-state index contributed by atoms with van der Waals surface area (Å²) in [4.78, 5) is 0. The van der Waals surface area contributed by atoms with E-state index in [0.717, 1.165) is 0 Å². The third-order valence-electron chi connectivity index (χ3n) is 2.12. The van der Waals surface area contributed by atoms with Gasteiger partial charge in [-0.3, -0.25) is 0 Å². The van der Waals surface area contributed by atoms with Crippen LogP contribution in [0.5, 0.6) is 0 Å². The number of hydrogen-bond acceptors (Lipinski definition) is 1. The molecule has 98 valence electrons. The lowest BCUT2D eigenvalue weighted by atomic mass is 10.0. The highest BCUT2D eigenvalue weighted by Crippen LogP contribution is 2.32. The molecule has 0 fully saturated rings. The number of halogens is 6. The maximum Gasteiger partial charge on any atom is 0.389 e. The molecular weight excluding hydrogens is 297 g/mol. The van der Waals surface area contributed by atoms with Crippen molar-refractivity contribution in [2.45, 2.75) is 25.1 Å². The quantitative estimate of drug-likeness (QED) is 0.856. The second-order valence-corrected chi connectivity index (χ2v) is 4.19. The van der Waals surface area contributed by atoms with Gasteiger partial charge in [-0.25, -0.2) is 0 Å². The van der Waals surface area contributed by atoms with Gasteiger partial charge in [0.15, 0.2) is 0 Å². The van der Waals surface area contributed by atoms with Gasteiger partial charge in [0.2, 0.25) is 0 Å². The maximum absolute atomic E-state index is 12.0. The van der Waals surface area contributed by atoms with E-state index in [1.807, 2.05) is 0 Å². The Labute approximate surface area is 113 Å². The number of rotatable bonds is 3. The van der Waals surface area contributed by atoms with Gasteiger partial charge in [-0.15, -0.1) is 12.4 Å². The van der Waals surface area contributed by atoms with Crippen molar-refractivity contribution in [3.05, 3.63) is 33.8 Å². The summed E-state index contributed by atoms with van der Waals surface area (Å²) in [5.74, 6) is 0. The Kier molecular flexibility index (Phi) is 6.62. The van der Waals surface area contributed by atoms with Crippen LogP contribution in [0.15, 0.2) is 18.2 Å². The van der Waals surface area contributed by atoms with Crippen molar-refractivity contribution < 1.29 is 13.2 Å². The first-order chi connectivity index (χ1) is 7.31. The van der Waals surface area contributed by atoms with E-state index in [1.54, 1.807) is 18.2 Å². The zero-order valence-corrected chi connectivity index (χ0v) is 10.9. The number of nitrogens with two attached hydrogens (primary N) is 1. The summed E-state index contributed by atoms with van der Waals surface area (Å²) >= 11 is 11.6. The van der Waals surface area contributed by atoms with Gasteiger partial charge in [0.05, 0.1) is 10.0 Å². The van der Waals surface area contributed by atoms with Crippen molar-refractivity contribution in [3.63, 3.8) is 0 Å². The highest BCUT2D eigenvalue weighted by atomic mass is 35.5. The SMILES string of the molecule is Cl.N[C@H](CCC(F)(F)F)c1cccc(Cl)c1Cl. The van der Waals surface area contributed by atoms with Crippen molar-refractivity contribution in [1.29, 1.82) is 0 Å². The van der Waals surface area contributed by atoms with Gasteiger partial charge in [0, 0.05) is 12.5 Å². The van der Waals surface area contributed by atoms with Gasteiger partial charge in [0.1, 0.15) is 0 Å². The highest BCUT2D eigenvalue weighted by Gasteiger charge is 2.28. The standard InChI is InChI=1S/C10H10Cl2F3N.ClH/c11-7-3-1-2-6(9(7)12)8(16)4-5-10(13,14)15;/h1-3,8H,4-5,16H2;1H/t8-;/m1./s1. The molecule has 0 bridgehead atoms. The molecule has 0 unspecified atom stereocenters. The molecule has 1 aromatic rings. The lowest BCUT2D eigenvalue weighted by Gasteiger charge is -2.15. The normalized spacial score (nSPS) is 13.1. The van der Waals surface area contributed by atoms with Crippen LogP contribution >= 0.6 is 35.6 Å². The fourth-order valence-corrected chi connectivity index (χ4v) is 1.73. The lowest BCUT2D eigenvalue weighted by Crippen LogP contribution is -2.16. The fourth-order valence-electron chi connectivity index (χ4n) is 1.28. The summed E-state index contributed by atoms with van der Waals surface area (Å²) in [5.41, 5.74) is 6.07. The summed E-state index contributed by atoms with van der Waals surface area (Å²) in [6.45, 7) is 0. The van der Waals surface area contributed by atoms with Crippen LogP contribution in [-0.4, -0.2) is 6.18 Å². The van der Waals surface area contributed by atoms with Gasteiger partial charge in [0.25, 0.3) is 0 Å². The Bertz CT molecular complexity index is 368. The molecule has 0 heterocycles. The van der Waals surface area contributed by atoms with Gasteiger partial charge < -0.3 is 5.73 Å². The van der Waals surface area contributed by atoms with Crippen LogP contribution in [0.1, 0.15) is 24.4 Å². The molecule has 2 N–H and O–H groups in total. The molecule has 0 saturated carbocycles. The van der Waals surface area contributed by atoms with Crippen LogP contribution in [0.25, 0.3) is 0 Å². The monoisotopic (exact) mass is 307 g/mol. The van der Waals surface area contributed by atoms with Crippen LogP contribution in [0.3, 0.4) is 0 Å².